The van der Waals surface area contributed by atoms with Crippen molar-refractivity contribution in [2.24, 2.45) is 0 Å². The van der Waals surface area contributed by atoms with Crippen LogP contribution < -0.4 is 0 Å². The van der Waals surface area contributed by atoms with Gasteiger partial charge in [-0.05, 0) is 6.92 Å². The normalized spacial score (nSPS) is 6.70. The van der Waals surface area contributed by atoms with Crippen LogP contribution >= 0.6 is 0 Å². The van der Waals surface area contributed by atoms with E-state index in [2.05, 4.69) is 9.47 Å². The molecule has 0 saturated heterocycles. The quantitative estimate of drug-likeness (QED) is 0.419. The zero-order valence-electron chi connectivity index (χ0n) is 6.42. The van der Waals surface area contributed by atoms with Crippen molar-refractivity contribution in [3.05, 3.63) is 0 Å². The second-order valence-electron chi connectivity index (χ2n) is 1.25. The molecule has 0 aromatic rings. The first-order valence-electron chi connectivity index (χ1n) is 2.78. The van der Waals surface area contributed by atoms with Crippen molar-refractivity contribution in [1.82, 2.24) is 0 Å². The van der Waals surface area contributed by atoms with Crippen LogP contribution in [0.15, 0.2) is 0 Å². The summed E-state index contributed by atoms with van der Waals surface area (Å²) in [5.41, 5.74) is 0. The lowest BCUT2D eigenvalue weighted by Crippen LogP contribution is -1.88. The third-order valence-electron chi connectivity index (χ3n) is 0.522. The van der Waals surface area contributed by atoms with E-state index in [1.807, 2.05) is 0 Å². The molecule has 0 rings (SSSR count). The number of carbonyl (C=O) groups is 2. The molecule has 0 aliphatic rings. The van der Waals surface area contributed by atoms with Gasteiger partial charge in [-0.3, -0.25) is 9.59 Å². The Morgan fingerprint density at radius 2 is 2.00 bits per heavy atom. The van der Waals surface area contributed by atoms with E-state index in [9.17, 15) is 9.59 Å². The van der Waals surface area contributed by atoms with Gasteiger partial charge >= 0.3 is 5.97 Å². The van der Waals surface area contributed by atoms with Crippen LogP contribution in [-0.2, 0) is 19.1 Å². The standard InChI is InChI=1S/2C3H6O2/c1-3(4)5-2;1-2-5-3-4/h1-2H3;3H,2H2,1H3. The Kier molecular flexibility index (Phi) is 12.7. The highest BCUT2D eigenvalue weighted by Crippen LogP contribution is 1.60. The molecule has 0 radical (unpaired) electrons. The lowest BCUT2D eigenvalue weighted by Gasteiger charge is -1.80. The molecule has 0 unspecified atom stereocenters. The van der Waals surface area contributed by atoms with Crippen LogP contribution in [0.5, 0.6) is 0 Å². The van der Waals surface area contributed by atoms with E-state index in [-0.39, 0.29) is 5.97 Å². The molecule has 4 nitrogen and oxygen atoms in total. The minimum Gasteiger partial charge on any atom is -0.469 e. The summed E-state index contributed by atoms with van der Waals surface area (Å²) in [5, 5.41) is 0. The first-order valence-corrected chi connectivity index (χ1v) is 2.78. The van der Waals surface area contributed by atoms with Gasteiger partial charge in [-0.25, -0.2) is 0 Å². The predicted molar refractivity (Wildman–Crippen MR) is 35.4 cm³/mol. The molecule has 60 valence electrons. The summed E-state index contributed by atoms with van der Waals surface area (Å²) < 4.78 is 8.26. The van der Waals surface area contributed by atoms with Crippen molar-refractivity contribution in [1.29, 1.82) is 0 Å². The van der Waals surface area contributed by atoms with Crippen LogP contribution in [0.2, 0.25) is 0 Å². The molecule has 0 aliphatic carbocycles. The maximum absolute atomic E-state index is 9.59. The number of carbonyl (C=O) groups excluding carboxylic acids is 2. The Morgan fingerprint density at radius 3 is 2.00 bits per heavy atom. The second kappa shape index (κ2) is 10.8. The van der Waals surface area contributed by atoms with Crippen LogP contribution in [0.4, 0.5) is 0 Å². The average molecular weight is 148 g/mol. The Morgan fingerprint density at radius 1 is 1.60 bits per heavy atom. The van der Waals surface area contributed by atoms with Crippen molar-refractivity contribution in [2.45, 2.75) is 13.8 Å². The molecule has 0 atom stereocenters. The van der Waals surface area contributed by atoms with E-state index in [0.717, 1.165) is 0 Å². The highest BCUT2D eigenvalue weighted by atomic mass is 16.5. The SMILES string of the molecule is CCOC=O.COC(C)=O. The summed E-state index contributed by atoms with van der Waals surface area (Å²) in [6.07, 6.45) is 0. The van der Waals surface area contributed by atoms with E-state index >= 15 is 0 Å². The zero-order valence-corrected chi connectivity index (χ0v) is 6.42. The molecular weight excluding hydrogens is 136 g/mol. The molecule has 0 fully saturated rings. The van der Waals surface area contributed by atoms with E-state index in [1.54, 1.807) is 6.92 Å². The summed E-state index contributed by atoms with van der Waals surface area (Å²) in [5.74, 6) is -0.245. The fourth-order valence-corrected chi connectivity index (χ4v) is 0.0680. The molecule has 4 heteroatoms. The van der Waals surface area contributed by atoms with Gasteiger partial charge in [0.25, 0.3) is 6.47 Å². The zero-order chi connectivity index (χ0) is 8.41. The van der Waals surface area contributed by atoms with Gasteiger partial charge in [0, 0.05) is 6.92 Å². The number of hydrogen-bond donors (Lipinski definition) is 0. The highest BCUT2D eigenvalue weighted by Gasteiger charge is 1.75. The van der Waals surface area contributed by atoms with Gasteiger partial charge in [0.05, 0.1) is 13.7 Å². The predicted octanol–water partition coefficient (Wildman–Crippen LogP) is 0.359. The van der Waals surface area contributed by atoms with Crippen molar-refractivity contribution in [3.8, 4) is 0 Å². The Labute approximate surface area is 60.1 Å². The fraction of sp³-hybridized carbons (Fsp3) is 0.667. The van der Waals surface area contributed by atoms with Crippen LogP contribution in [0.1, 0.15) is 13.8 Å². The van der Waals surface area contributed by atoms with E-state index in [1.165, 1.54) is 14.0 Å². The summed E-state index contributed by atoms with van der Waals surface area (Å²) in [6, 6.07) is 0. The number of hydrogen-bond acceptors (Lipinski definition) is 4. The molecule has 0 aliphatic heterocycles. The topological polar surface area (TPSA) is 52.6 Å². The van der Waals surface area contributed by atoms with Crippen molar-refractivity contribution < 1.29 is 19.1 Å². The maximum Gasteiger partial charge on any atom is 0.302 e. The van der Waals surface area contributed by atoms with Gasteiger partial charge < -0.3 is 9.47 Å². The van der Waals surface area contributed by atoms with Gasteiger partial charge in [-0.2, -0.15) is 0 Å². The van der Waals surface area contributed by atoms with Crippen LogP contribution in [0.3, 0.4) is 0 Å². The number of esters is 1. The van der Waals surface area contributed by atoms with E-state index < -0.39 is 0 Å². The van der Waals surface area contributed by atoms with Crippen LogP contribution in [0.25, 0.3) is 0 Å². The van der Waals surface area contributed by atoms with Gasteiger partial charge in [0.2, 0.25) is 0 Å². The highest BCUT2D eigenvalue weighted by molar-refractivity contribution is 5.65. The molecular formula is C6H12O4. The van der Waals surface area contributed by atoms with E-state index in [4.69, 9.17) is 0 Å². The Balaban J connectivity index is 0. The molecule has 0 bridgehead atoms. The molecule has 0 saturated carbocycles. The molecule has 0 N–H and O–H groups in total. The molecule has 0 aromatic heterocycles. The number of rotatable bonds is 2. The summed E-state index contributed by atoms with van der Waals surface area (Å²) in [6.45, 7) is 4.03. The van der Waals surface area contributed by atoms with Crippen molar-refractivity contribution >= 4 is 12.4 Å². The molecule has 0 amide bonds. The van der Waals surface area contributed by atoms with Crippen molar-refractivity contribution in [3.63, 3.8) is 0 Å². The lowest BCUT2D eigenvalue weighted by atomic mass is 10.8. The van der Waals surface area contributed by atoms with Gasteiger partial charge in [-0.1, -0.05) is 0 Å². The maximum atomic E-state index is 9.59. The summed E-state index contributed by atoms with van der Waals surface area (Å²) in [4.78, 5) is 18.8. The largest absolute Gasteiger partial charge is 0.469 e. The summed E-state index contributed by atoms with van der Waals surface area (Å²) in [7, 11) is 1.35. The second-order valence-corrected chi connectivity index (χ2v) is 1.25. The van der Waals surface area contributed by atoms with Crippen LogP contribution in [-0.4, -0.2) is 26.2 Å². The first kappa shape index (κ1) is 11.7. The lowest BCUT2D eigenvalue weighted by molar-refractivity contribution is -0.138. The van der Waals surface area contributed by atoms with Gasteiger partial charge in [-0.15, -0.1) is 0 Å². The Bertz CT molecular complexity index is 89.7. The van der Waals surface area contributed by atoms with Gasteiger partial charge in [0.1, 0.15) is 0 Å². The minimum absolute atomic E-state index is 0.245. The fourth-order valence-electron chi connectivity index (χ4n) is 0.0680. The van der Waals surface area contributed by atoms with E-state index in [0.29, 0.717) is 13.1 Å². The molecule has 0 heterocycles. The molecule has 0 aromatic carbocycles. The summed E-state index contributed by atoms with van der Waals surface area (Å²) >= 11 is 0. The number of ether oxygens (including phenoxy) is 2. The minimum atomic E-state index is -0.245. The smallest absolute Gasteiger partial charge is 0.302 e. The number of methoxy groups -OCH3 is 1. The van der Waals surface area contributed by atoms with Crippen LogP contribution in [0, 0.1) is 0 Å². The Hall–Kier alpha value is -1.06. The third kappa shape index (κ3) is 28.3. The molecule has 10 heavy (non-hydrogen) atoms. The molecule has 0 spiro atoms. The third-order valence-corrected chi connectivity index (χ3v) is 0.522. The van der Waals surface area contributed by atoms with Crippen molar-refractivity contribution in [2.75, 3.05) is 13.7 Å². The monoisotopic (exact) mass is 148 g/mol. The first-order chi connectivity index (χ1) is 4.68. The average Bonchev–Trinajstić information content (AvgIpc) is 1.91. The van der Waals surface area contributed by atoms with Gasteiger partial charge in [0.15, 0.2) is 0 Å².